The van der Waals surface area contributed by atoms with Crippen LogP contribution in [0.5, 0.6) is 0 Å². The zero-order valence-electron chi connectivity index (χ0n) is 21.5. The van der Waals surface area contributed by atoms with Gasteiger partial charge in [-0.3, -0.25) is 19.4 Å². The van der Waals surface area contributed by atoms with Crippen molar-refractivity contribution in [3.63, 3.8) is 0 Å². The summed E-state index contributed by atoms with van der Waals surface area (Å²) in [5.74, 6) is -1.04. The normalized spacial score (nSPS) is 21.0. The van der Waals surface area contributed by atoms with Gasteiger partial charge in [0, 0.05) is 34.4 Å². The minimum atomic E-state index is -3.95. The lowest BCUT2D eigenvalue weighted by molar-refractivity contribution is -0.138. The van der Waals surface area contributed by atoms with E-state index in [-0.39, 0.29) is 41.0 Å². The molecule has 1 N–H and O–H groups in total. The first-order valence-corrected chi connectivity index (χ1v) is 14.8. The molecule has 2 fully saturated rings. The lowest BCUT2D eigenvalue weighted by atomic mass is 9.87. The third-order valence-electron chi connectivity index (χ3n) is 7.05. The largest absolute Gasteiger partial charge is 0.340 e. The van der Waals surface area contributed by atoms with Gasteiger partial charge in [0.25, 0.3) is 5.91 Å². The Bertz CT molecular complexity index is 1500. The molecule has 3 atom stereocenters. The summed E-state index contributed by atoms with van der Waals surface area (Å²) in [7, 11) is -3.95. The van der Waals surface area contributed by atoms with Gasteiger partial charge in [0.2, 0.25) is 15.9 Å². The molecule has 9 nitrogen and oxygen atoms in total. The SMILES string of the molecule is CC(C)(C)CC(NC(=O)c1csc2ccccc12)C(=O)N1CCC2C1C(=O)CN2S(=O)(=O)c1cccnc1. The Labute approximate surface area is 225 Å². The number of amides is 2. The highest BCUT2D eigenvalue weighted by atomic mass is 32.2. The number of thiophene rings is 1. The van der Waals surface area contributed by atoms with Crippen molar-refractivity contribution in [3.05, 3.63) is 59.7 Å². The second kappa shape index (κ2) is 9.87. The third kappa shape index (κ3) is 4.85. The predicted octanol–water partition coefficient (Wildman–Crippen LogP) is 3.07. The average Bonchev–Trinajstić information content (AvgIpc) is 3.58. The number of likely N-dealkylation sites (tertiary alicyclic amines) is 1. The van der Waals surface area contributed by atoms with Gasteiger partial charge in [-0.05, 0) is 36.5 Å². The van der Waals surface area contributed by atoms with Crippen molar-refractivity contribution in [1.82, 2.24) is 19.5 Å². The molecular formula is C27H30N4O5S2. The number of sulfonamides is 1. The van der Waals surface area contributed by atoms with E-state index in [1.165, 1.54) is 45.1 Å². The molecular weight excluding hydrogens is 524 g/mol. The quantitative estimate of drug-likeness (QED) is 0.501. The van der Waals surface area contributed by atoms with E-state index in [0.29, 0.717) is 18.4 Å². The summed E-state index contributed by atoms with van der Waals surface area (Å²) >= 11 is 1.46. The molecule has 3 aromatic rings. The Balaban J connectivity index is 1.39. The Kier molecular flexibility index (Phi) is 6.87. The molecule has 2 amide bonds. The molecule has 0 bridgehead atoms. The average molecular weight is 555 g/mol. The van der Waals surface area contributed by atoms with Crippen LogP contribution in [0.1, 0.15) is 44.0 Å². The number of nitrogens with zero attached hydrogens (tertiary/aromatic N) is 3. The molecule has 4 heterocycles. The Morgan fingerprint density at radius 2 is 1.95 bits per heavy atom. The van der Waals surface area contributed by atoms with E-state index in [1.54, 1.807) is 5.38 Å². The van der Waals surface area contributed by atoms with Crippen LogP contribution in [0.3, 0.4) is 0 Å². The van der Waals surface area contributed by atoms with E-state index < -0.39 is 28.1 Å². The summed E-state index contributed by atoms with van der Waals surface area (Å²) in [5.41, 5.74) is 0.209. The fourth-order valence-corrected chi connectivity index (χ4v) is 7.91. The number of hydrogen-bond donors (Lipinski definition) is 1. The van der Waals surface area contributed by atoms with Gasteiger partial charge in [-0.15, -0.1) is 11.3 Å². The first-order valence-electron chi connectivity index (χ1n) is 12.5. The molecule has 0 saturated carbocycles. The van der Waals surface area contributed by atoms with Crippen molar-refractivity contribution in [2.75, 3.05) is 13.1 Å². The molecule has 1 aromatic carbocycles. The fourth-order valence-electron chi connectivity index (χ4n) is 5.38. The van der Waals surface area contributed by atoms with Gasteiger partial charge in [0.05, 0.1) is 18.2 Å². The first kappa shape index (κ1) is 26.5. The molecule has 38 heavy (non-hydrogen) atoms. The van der Waals surface area contributed by atoms with Crippen LogP contribution in [0, 0.1) is 5.41 Å². The van der Waals surface area contributed by atoms with Crippen LogP contribution in [0.4, 0.5) is 0 Å². The highest BCUT2D eigenvalue weighted by Gasteiger charge is 2.54. The molecule has 2 aliphatic heterocycles. The Morgan fingerprint density at radius 3 is 2.66 bits per heavy atom. The number of carbonyl (C=O) groups excluding carboxylic acids is 3. The first-order chi connectivity index (χ1) is 18.0. The summed E-state index contributed by atoms with van der Waals surface area (Å²) in [5, 5.41) is 5.54. The van der Waals surface area contributed by atoms with Crippen molar-refractivity contribution in [2.45, 2.75) is 56.6 Å². The van der Waals surface area contributed by atoms with E-state index in [9.17, 15) is 22.8 Å². The van der Waals surface area contributed by atoms with Crippen molar-refractivity contribution < 1.29 is 22.8 Å². The van der Waals surface area contributed by atoms with E-state index in [1.807, 2.05) is 45.0 Å². The van der Waals surface area contributed by atoms with Crippen LogP contribution in [-0.2, 0) is 19.6 Å². The molecule has 3 unspecified atom stereocenters. The van der Waals surface area contributed by atoms with Crippen LogP contribution < -0.4 is 5.32 Å². The molecule has 2 aromatic heterocycles. The smallest absolute Gasteiger partial charge is 0.253 e. The lowest BCUT2D eigenvalue weighted by Crippen LogP contribution is -2.53. The van der Waals surface area contributed by atoms with Gasteiger partial charge >= 0.3 is 0 Å². The molecule has 0 spiro atoms. The summed E-state index contributed by atoms with van der Waals surface area (Å²) in [4.78, 5) is 45.7. The number of benzene rings is 1. The molecule has 11 heteroatoms. The van der Waals surface area contributed by atoms with E-state index >= 15 is 0 Å². The Morgan fingerprint density at radius 1 is 1.18 bits per heavy atom. The number of aromatic nitrogens is 1. The summed E-state index contributed by atoms with van der Waals surface area (Å²) in [6, 6.07) is 8.18. The van der Waals surface area contributed by atoms with Crippen molar-refractivity contribution >= 4 is 49.0 Å². The highest BCUT2D eigenvalue weighted by molar-refractivity contribution is 7.89. The maximum Gasteiger partial charge on any atom is 0.253 e. The standard InChI is InChI=1S/C27H30N4O5S2/c1-27(2,3)13-20(29-25(33)19-16-37-23-9-5-4-8-18(19)23)26(34)30-12-10-21-24(30)22(32)15-31(21)38(35,36)17-7-6-11-28-14-17/h4-9,11,14,16,20-21,24H,10,12-13,15H2,1-3H3,(H,29,33). The molecule has 2 aliphatic rings. The maximum atomic E-state index is 13.9. The van der Waals surface area contributed by atoms with Gasteiger partial charge in [0.15, 0.2) is 5.78 Å². The van der Waals surface area contributed by atoms with E-state index in [4.69, 9.17) is 0 Å². The number of nitrogens with one attached hydrogen (secondary N) is 1. The molecule has 2 saturated heterocycles. The number of Topliss-reactive ketones (excluding diaryl/α,β-unsaturated/α-hetero) is 1. The summed E-state index contributed by atoms with van der Waals surface area (Å²) in [6.07, 6.45) is 3.44. The third-order valence-corrected chi connectivity index (χ3v) is 9.87. The zero-order chi connectivity index (χ0) is 27.2. The number of carbonyl (C=O) groups is 3. The lowest BCUT2D eigenvalue weighted by Gasteiger charge is -2.31. The zero-order valence-corrected chi connectivity index (χ0v) is 23.1. The summed E-state index contributed by atoms with van der Waals surface area (Å²) in [6.45, 7) is 5.88. The van der Waals surface area contributed by atoms with Crippen molar-refractivity contribution in [1.29, 1.82) is 0 Å². The monoisotopic (exact) mass is 554 g/mol. The van der Waals surface area contributed by atoms with Gasteiger partial charge in [-0.1, -0.05) is 39.0 Å². The van der Waals surface area contributed by atoms with Gasteiger partial charge in [0.1, 0.15) is 17.0 Å². The van der Waals surface area contributed by atoms with E-state index in [0.717, 1.165) is 10.1 Å². The minimum absolute atomic E-state index is 0.0130. The number of fused-ring (bicyclic) bond motifs is 2. The van der Waals surface area contributed by atoms with Crippen LogP contribution >= 0.6 is 11.3 Å². The minimum Gasteiger partial charge on any atom is -0.340 e. The van der Waals surface area contributed by atoms with Crippen molar-refractivity contribution in [2.24, 2.45) is 5.41 Å². The van der Waals surface area contributed by atoms with E-state index in [2.05, 4.69) is 10.3 Å². The van der Waals surface area contributed by atoms with Crippen LogP contribution in [0.15, 0.2) is 59.1 Å². The van der Waals surface area contributed by atoms with Gasteiger partial charge in [-0.2, -0.15) is 4.31 Å². The summed E-state index contributed by atoms with van der Waals surface area (Å²) < 4.78 is 28.7. The molecule has 5 rings (SSSR count). The highest BCUT2D eigenvalue weighted by Crippen LogP contribution is 2.35. The maximum absolute atomic E-state index is 13.9. The van der Waals surface area contributed by atoms with Gasteiger partial charge < -0.3 is 10.2 Å². The number of ketones is 1. The molecule has 0 aliphatic carbocycles. The predicted molar refractivity (Wildman–Crippen MR) is 144 cm³/mol. The van der Waals surface area contributed by atoms with Crippen molar-refractivity contribution in [3.8, 4) is 0 Å². The topological polar surface area (TPSA) is 117 Å². The number of hydrogen-bond acceptors (Lipinski definition) is 7. The fraction of sp³-hybridized carbons (Fsp3) is 0.407. The number of pyridine rings is 1. The molecule has 200 valence electrons. The number of rotatable bonds is 6. The van der Waals surface area contributed by atoms with Crippen LogP contribution in [0.25, 0.3) is 10.1 Å². The second-order valence-electron chi connectivity index (χ2n) is 11.0. The Hall–Kier alpha value is -3.15. The van der Waals surface area contributed by atoms with Gasteiger partial charge in [-0.25, -0.2) is 8.42 Å². The van der Waals surface area contributed by atoms with Crippen LogP contribution in [0.2, 0.25) is 0 Å². The second-order valence-corrected chi connectivity index (χ2v) is 13.8. The van der Waals surface area contributed by atoms with Crippen LogP contribution in [-0.4, -0.2) is 71.4 Å². The molecule has 0 radical (unpaired) electrons.